The zero-order chi connectivity index (χ0) is 28.9. The molecule has 0 aliphatic carbocycles. The third-order valence-electron chi connectivity index (χ3n) is 6.35. The summed E-state index contributed by atoms with van der Waals surface area (Å²) in [6, 6.07) is 2.38. The van der Waals surface area contributed by atoms with Crippen LogP contribution in [-0.2, 0) is 25.6 Å². The fourth-order valence-corrected chi connectivity index (χ4v) is 4.75. The third-order valence-corrected chi connectivity index (χ3v) is 7.00. The van der Waals surface area contributed by atoms with Gasteiger partial charge in [0.15, 0.2) is 5.96 Å². The van der Waals surface area contributed by atoms with E-state index in [2.05, 4.69) is 15.6 Å². The lowest BCUT2D eigenvalue weighted by Gasteiger charge is -2.29. The van der Waals surface area contributed by atoms with E-state index in [0.29, 0.717) is 38.0 Å². The predicted octanol–water partition coefficient (Wildman–Crippen LogP) is -0.886. The Balaban J connectivity index is 2.15. The van der Waals surface area contributed by atoms with Gasteiger partial charge in [-0.3, -0.25) is 19.4 Å². The van der Waals surface area contributed by atoms with Crippen molar-refractivity contribution in [3.8, 4) is 5.75 Å². The van der Waals surface area contributed by atoms with Crippen molar-refractivity contribution in [2.24, 2.45) is 22.2 Å². The molecule has 4 unspecified atom stereocenters. The highest BCUT2D eigenvalue weighted by molar-refractivity contribution is 7.98. The molecule has 1 fully saturated rings. The lowest BCUT2D eigenvalue weighted by molar-refractivity contribution is -0.149. The van der Waals surface area contributed by atoms with Gasteiger partial charge in [0.1, 0.15) is 23.9 Å². The molecular weight excluding hydrogens is 526 g/mol. The van der Waals surface area contributed by atoms with Crippen LogP contribution in [0.25, 0.3) is 0 Å². The van der Waals surface area contributed by atoms with E-state index in [1.54, 1.807) is 12.1 Å². The molecule has 2 rings (SSSR count). The number of carbonyl (C=O) groups excluding carboxylic acids is 3. The quantitative estimate of drug-likeness (QED) is 0.0788. The van der Waals surface area contributed by atoms with E-state index in [1.807, 2.05) is 6.26 Å². The van der Waals surface area contributed by atoms with Gasteiger partial charge in [-0.05, 0) is 68.2 Å². The number of nitrogens with zero attached hydrogens (tertiary/aromatic N) is 2. The molecule has 0 spiro atoms. The number of aliphatic carboxylic acids is 1. The van der Waals surface area contributed by atoms with Gasteiger partial charge in [-0.2, -0.15) is 11.8 Å². The molecular formula is C25H39N7O6S. The van der Waals surface area contributed by atoms with Crippen molar-refractivity contribution in [1.82, 2.24) is 15.5 Å². The second-order valence-electron chi connectivity index (χ2n) is 9.36. The molecule has 1 aromatic rings. The van der Waals surface area contributed by atoms with E-state index in [0.717, 1.165) is 5.56 Å². The van der Waals surface area contributed by atoms with Crippen molar-refractivity contribution >= 4 is 41.4 Å². The van der Waals surface area contributed by atoms with Gasteiger partial charge in [-0.25, -0.2) is 4.79 Å². The molecule has 1 aliphatic heterocycles. The minimum atomic E-state index is -1.08. The Morgan fingerprint density at radius 3 is 2.38 bits per heavy atom. The molecule has 10 N–H and O–H groups in total. The maximum Gasteiger partial charge on any atom is 0.326 e. The Labute approximate surface area is 231 Å². The first kappa shape index (κ1) is 31.7. The Bertz CT molecular complexity index is 1020. The number of thioether (sulfide) groups is 1. The van der Waals surface area contributed by atoms with Crippen LogP contribution in [0.3, 0.4) is 0 Å². The Hall–Kier alpha value is -3.52. The number of carbonyl (C=O) groups is 4. The Morgan fingerprint density at radius 1 is 1.10 bits per heavy atom. The van der Waals surface area contributed by atoms with Crippen molar-refractivity contribution < 1.29 is 29.4 Å². The van der Waals surface area contributed by atoms with Gasteiger partial charge in [0, 0.05) is 13.1 Å². The zero-order valence-electron chi connectivity index (χ0n) is 22.0. The first-order valence-electron chi connectivity index (χ1n) is 12.7. The van der Waals surface area contributed by atoms with E-state index < -0.39 is 47.9 Å². The number of nitrogens with two attached hydrogens (primary N) is 3. The maximum atomic E-state index is 13.4. The van der Waals surface area contributed by atoms with Gasteiger partial charge < -0.3 is 42.9 Å². The molecule has 1 heterocycles. The number of carboxylic acid groups (broad SMARTS) is 1. The standard InChI is InChI=1S/C25H39N7O6S/c1-39-13-10-19(23(36)32-12-3-5-20(32)24(37)38)31-22(35)18(4-2-11-29-25(27)28)30-21(34)17(26)14-15-6-8-16(33)9-7-15/h6-9,17-20,33H,2-5,10-14,26H2,1H3,(H,30,34)(H,31,35)(H,37,38)(H4,27,28,29). The Kier molecular flexibility index (Phi) is 12.8. The van der Waals surface area contributed by atoms with Crippen LogP contribution in [0.2, 0.25) is 0 Å². The summed E-state index contributed by atoms with van der Waals surface area (Å²) < 4.78 is 0. The van der Waals surface area contributed by atoms with Crippen molar-refractivity contribution in [2.75, 3.05) is 25.1 Å². The molecule has 13 nitrogen and oxygen atoms in total. The van der Waals surface area contributed by atoms with Gasteiger partial charge in [-0.1, -0.05) is 12.1 Å². The number of phenols is 1. The minimum absolute atomic E-state index is 0.0865. The zero-order valence-corrected chi connectivity index (χ0v) is 22.9. The summed E-state index contributed by atoms with van der Waals surface area (Å²) in [5.41, 5.74) is 17.6. The van der Waals surface area contributed by atoms with Crippen LogP contribution >= 0.6 is 11.8 Å². The van der Waals surface area contributed by atoms with E-state index in [9.17, 15) is 29.4 Å². The predicted molar refractivity (Wildman–Crippen MR) is 149 cm³/mol. The van der Waals surface area contributed by atoms with Gasteiger partial charge in [0.2, 0.25) is 17.7 Å². The molecule has 1 aromatic carbocycles. The number of phenolic OH excluding ortho intramolecular Hbond substituents is 1. The largest absolute Gasteiger partial charge is 0.508 e. The van der Waals surface area contributed by atoms with Crippen LogP contribution < -0.4 is 27.8 Å². The van der Waals surface area contributed by atoms with Gasteiger partial charge >= 0.3 is 5.97 Å². The topological polar surface area (TPSA) is 226 Å². The van der Waals surface area contributed by atoms with Gasteiger partial charge in [0.05, 0.1) is 6.04 Å². The summed E-state index contributed by atoms with van der Waals surface area (Å²) in [6.45, 7) is 0.524. The lowest BCUT2D eigenvalue weighted by Crippen LogP contribution is -2.57. The summed E-state index contributed by atoms with van der Waals surface area (Å²) in [4.78, 5) is 56.4. The summed E-state index contributed by atoms with van der Waals surface area (Å²) >= 11 is 1.49. The average molecular weight is 566 g/mol. The third kappa shape index (κ3) is 10.3. The highest BCUT2D eigenvalue weighted by Crippen LogP contribution is 2.20. The first-order chi connectivity index (χ1) is 18.5. The number of aromatic hydroxyl groups is 1. The van der Waals surface area contributed by atoms with Crippen LogP contribution in [0.1, 0.15) is 37.7 Å². The number of aliphatic imine (C=N–C) groups is 1. The number of benzene rings is 1. The molecule has 1 aliphatic rings. The molecule has 14 heteroatoms. The number of nitrogens with one attached hydrogen (secondary N) is 2. The van der Waals surface area contributed by atoms with Crippen LogP contribution in [0.15, 0.2) is 29.3 Å². The molecule has 216 valence electrons. The van der Waals surface area contributed by atoms with Crippen molar-refractivity contribution in [1.29, 1.82) is 0 Å². The summed E-state index contributed by atoms with van der Waals surface area (Å²) in [7, 11) is 0. The molecule has 0 saturated carbocycles. The number of amides is 3. The number of carboxylic acids is 1. The summed E-state index contributed by atoms with van der Waals surface area (Å²) in [5.74, 6) is -2.15. The van der Waals surface area contributed by atoms with Gasteiger partial charge in [0.25, 0.3) is 0 Å². The highest BCUT2D eigenvalue weighted by Gasteiger charge is 2.38. The number of hydrogen-bond acceptors (Lipinski definition) is 8. The van der Waals surface area contributed by atoms with E-state index in [4.69, 9.17) is 17.2 Å². The number of rotatable bonds is 15. The molecule has 0 aromatic heterocycles. The fraction of sp³-hybridized carbons (Fsp3) is 0.560. The smallest absolute Gasteiger partial charge is 0.326 e. The molecule has 39 heavy (non-hydrogen) atoms. The normalized spacial score (nSPS) is 17.1. The van der Waals surface area contributed by atoms with Crippen molar-refractivity contribution in [3.63, 3.8) is 0 Å². The highest BCUT2D eigenvalue weighted by atomic mass is 32.2. The second-order valence-corrected chi connectivity index (χ2v) is 10.3. The minimum Gasteiger partial charge on any atom is -0.508 e. The summed E-state index contributed by atoms with van der Waals surface area (Å²) in [6.07, 6.45) is 3.78. The molecule has 0 radical (unpaired) electrons. The first-order valence-corrected chi connectivity index (χ1v) is 14.1. The summed E-state index contributed by atoms with van der Waals surface area (Å²) in [5, 5.41) is 24.4. The average Bonchev–Trinajstić information content (AvgIpc) is 3.39. The van der Waals surface area contributed by atoms with Crippen LogP contribution in [0.4, 0.5) is 0 Å². The lowest BCUT2D eigenvalue weighted by atomic mass is 10.0. The Morgan fingerprint density at radius 2 is 1.77 bits per heavy atom. The number of guanidine groups is 1. The maximum absolute atomic E-state index is 13.4. The van der Waals surface area contributed by atoms with E-state index in [1.165, 1.54) is 28.8 Å². The van der Waals surface area contributed by atoms with Crippen LogP contribution in [-0.4, -0.2) is 94.0 Å². The second kappa shape index (κ2) is 15.8. The van der Waals surface area contributed by atoms with Gasteiger partial charge in [-0.15, -0.1) is 0 Å². The number of likely N-dealkylation sites (tertiary alicyclic amines) is 1. The van der Waals surface area contributed by atoms with Crippen molar-refractivity contribution in [3.05, 3.63) is 29.8 Å². The van der Waals surface area contributed by atoms with E-state index in [-0.39, 0.29) is 31.1 Å². The SMILES string of the molecule is CSCCC(NC(=O)C(CCCN=C(N)N)NC(=O)C(N)Cc1ccc(O)cc1)C(=O)N1CCCC1C(=O)O. The molecule has 3 amide bonds. The van der Waals surface area contributed by atoms with Crippen molar-refractivity contribution in [2.45, 2.75) is 62.7 Å². The molecule has 0 bridgehead atoms. The molecule has 1 saturated heterocycles. The number of hydrogen-bond donors (Lipinski definition) is 7. The van der Waals surface area contributed by atoms with Crippen LogP contribution in [0, 0.1) is 0 Å². The van der Waals surface area contributed by atoms with E-state index >= 15 is 0 Å². The fourth-order valence-electron chi connectivity index (χ4n) is 4.28. The molecule has 4 atom stereocenters. The van der Waals surface area contributed by atoms with Crippen LogP contribution in [0.5, 0.6) is 5.75 Å². The monoisotopic (exact) mass is 565 g/mol.